The van der Waals surface area contributed by atoms with E-state index in [1.54, 1.807) is 92.7 Å². The Hall–Kier alpha value is -10.8. The fraction of sp³-hybridized carbons (Fsp3) is 0.494. The standard InChI is InChI=1S/C77H94N8O24/c1-41(2)57(82-66(92)51-32-33-52(105-51)68(94)95)67(93)81-50(27-20-34-79-71(78)98)65(91)80-49-30-28-45(29-31-49)39-102-72(99)84(9)35-36-85(10)73(100)107-60(58(46-21-14-11-15-22-46)83-64(90)47-23-16-12-17-24-47)70(97)106-53-38-77(101)63(108-69(96)48-25-18-13-19-26-48)61-75(8,54(88)37-55-76(61,40-103-55)109-44(5)87)62(89)59(104-43(4)86)56(42(53)3)74(77,6)7/h11-19,21-26,28-31,41,50-55,57-61,63,88,101H,20,27,32-40H2,1-10H3,(H,80,91)(H,81,93)(H,82,92)(H,83,90)(H,94,95)(H3,78,79,98)/t50-,51?,52?,53-,54-,55+,57-,58-,59+,60+,61-,63-,75+,76-,77+/m0/s1. The Bertz CT molecular complexity index is 4110. The molecule has 10 N–H and O–H groups in total. The minimum absolute atomic E-state index is 0.00825. The Kier molecular flexibility index (Phi) is 26.1. The van der Waals surface area contributed by atoms with Crippen LogP contribution in [0.4, 0.5) is 20.1 Å². The van der Waals surface area contributed by atoms with Gasteiger partial charge in [-0.15, -0.1) is 0 Å². The maximum absolute atomic E-state index is 16.0. The number of anilines is 1. The Morgan fingerprint density at radius 1 is 0.734 bits per heavy atom. The molecule has 4 aromatic rings. The molecule has 0 spiro atoms. The molecule has 3 aliphatic carbocycles. The van der Waals surface area contributed by atoms with Crippen molar-refractivity contribution in [1.29, 1.82) is 0 Å². The van der Waals surface area contributed by atoms with E-state index in [0.29, 0.717) is 5.56 Å². The summed E-state index contributed by atoms with van der Waals surface area (Å²) in [4.78, 5) is 182. The van der Waals surface area contributed by atoms with Gasteiger partial charge in [0.05, 0.1) is 29.6 Å². The van der Waals surface area contributed by atoms with E-state index in [1.807, 2.05) is 0 Å². The molecule has 4 aromatic carbocycles. The van der Waals surface area contributed by atoms with E-state index in [4.69, 9.17) is 43.6 Å². The number of hydrogen-bond acceptors (Lipinski definition) is 23. The predicted octanol–water partition coefficient (Wildman–Crippen LogP) is 4.73. The third-order valence-corrected chi connectivity index (χ3v) is 21.1. The first-order valence-corrected chi connectivity index (χ1v) is 35.8. The van der Waals surface area contributed by atoms with Crippen LogP contribution in [0.1, 0.15) is 132 Å². The summed E-state index contributed by atoms with van der Waals surface area (Å²) in [5.74, 6) is -11.4. The fourth-order valence-corrected chi connectivity index (χ4v) is 15.0. The summed E-state index contributed by atoms with van der Waals surface area (Å²) in [6, 6.07) is 24.9. The van der Waals surface area contributed by atoms with Crippen LogP contribution in [0.3, 0.4) is 0 Å². The second kappa shape index (κ2) is 34.6. The van der Waals surface area contributed by atoms with E-state index in [1.165, 1.54) is 78.2 Å². The number of nitrogens with one attached hydrogen (secondary N) is 5. The smallest absolute Gasteiger partial charge is 0.410 e. The molecule has 2 unspecified atom stereocenters. The number of carbonyl (C=O) groups is 13. The minimum Gasteiger partial charge on any atom is -0.479 e. The van der Waals surface area contributed by atoms with Gasteiger partial charge in [0.25, 0.3) is 5.91 Å². The highest BCUT2D eigenvalue weighted by molar-refractivity contribution is 5.99. The lowest BCUT2D eigenvalue weighted by atomic mass is 9.44. The molecule has 15 atom stereocenters. The van der Waals surface area contributed by atoms with E-state index < -0.39 is 191 Å². The normalized spacial score (nSPS) is 25.5. The molecule has 2 saturated heterocycles. The molecular weight excluding hydrogens is 1420 g/mol. The first kappa shape index (κ1) is 82.2. The van der Waals surface area contributed by atoms with Gasteiger partial charge in [0.2, 0.25) is 23.8 Å². The number of likely N-dealkylation sites (N-methyl/N-ethyl adjacent to an activating group) is 2. The van der Waals surface area contributed by atoms with Crippen molar-refractivity contribution in [2.24, 2.45) is 28.4 Å². The number of rotatable bonds is 28. The summed E-state index contributed by atoms with van der Waals surface area (Å²) in [5.41, 5.74) is -2.26. The maximum atomic E-state index is 16.0. The fourth-order valence-electron chi connectivity index (χ4n) is 15.0. The van der Waals surface area contributed by atoms with Crippen LogP contribution in [0.5, 0.6) is 0 Å². The first-order chi connectivity index (χ1) is 51.5. The zero-order chi connectivity index (χ0) is 79.6. The van der Waals surface area contributed by atoms with Gasteiger partial charge in [-0.2, -0.15) is 0 Å². The van der Waals surface area contributed by atoms with E-state index in [2.05, 4.69) is 26.6 Å². The van der Waals surface area contributed by atoms with Gasteiger partial charge in [-0.05, 0) is 104 Å². The van der Waals surface area contributed by atoms with Gasteiger partial charge in [0, 0.05) is 77.1 Å². The predicted molar refractivity (Wildman–Crippen MR) is 384 cm³/mol. The van der Waals surface area contributed by atoms with Gasteiger partial charge >= 0.3 is 48.1 Å². The number of carboxylic acids is 1. The number of urea groups is 1. The molecule has 2 saturated carbocycles. The van der Waals surface area contributed by atoms with Crippen LogP contribution >= 0.6 is 0 Å². The number of carbonyl (C=O) groups excluding carboxylic acids is 12. The molecule has 2 bridgehead atoms. The molecule has 8 amide bonds. The van der Waals surface area contributed by atoms with Crippen molar-refractivity contribution in [3.8, 4) is 0 Å². The number of fused-ring (bicyclic) bond motifs is 5. The van der Waals surface area contributed by atoms with E-state index >= 15 is 9.59 Å². The van der Waals surface area contributed by atoms with Crippen LogP contribution in [-0.4, -0.2) is 215 Å². The van der Waals surface area contributed by atoms with Crippen molar-refractivity contribution in [2.45, 2.75) is 179 Å². The Morgan fingerprint density at radius 3 is 1.91 bits per heavy atom. The number of benzene rings is 4. The van der Waals surface area contributed by atoms with E-state index in [9.17, 15) is 68.1 Å². The van der Waals surface area contributed by atoms with Crippen molar-refractivity contribution < 1.29 is 116 Å². The highest BCUT2D eigenvalue weighted by Crippen LogP contribution is 2.64. The zero-order valence-electron chi connectivity index (χ0n) is 62.1. The zero-order valence-corrected chi connectivity index (χ0v) is 62.1. The monoisotopic (exact) mass is 1510 g/mol. The minimum atomic E-state index is -2.57. The number of primary amides is 1. The van der Waals surface area contributed by atoms with Crippen LogP contribution < -0.4 is 32.3 Å². The molecule has 109 heavy (non-hydrogen) atoms. The molecule has 5 aliphatic rings. The van der Waals surface area contributed by atoms with Crippen LogP contribution in [0, 0.1) is 22.7 Å². The number of aliphatic carboxylic acids is 1. The third kappa shape index (κ3) is 18.2. The molecule has 2 heterocycles. The van der Waals surface area contributed by atoms with Crippen LogP contribution in [0.2, 0.25) is 0 Å². The number of aliphatic hydroxyl groups excluding tert-OH is 1. The van der Waals surface area contributed by atoms with Crippen molar-refractivity contribution in [1.82, 2.24) is 31.1 Å². The molecule has 0 aromatic heterocycles. The number of aliphatic hydroxyl groups is 2. The highest BCUT2D eigenvalue weighted by Gasteiger charge is 2.78. The van der Waals surface area contributed by atoms with E-state index in [-0.39, 0.29) is 91.9 Å². The molecule has 4 fully saturated rings. The number of ketones is 1. The topological polar surface area (TPSA) is 449 Å². The molecular formula is C77H94N8O24. The Morgan fingerprint density at radius 2 is 1.34 bits per heavy atom. The number of ether oxygens (including phenoxy) is 8. The Balaban J connectivity index is 0.940. The molecule has 32 nitrogen and oxygen atoms in total. The van der Waals surface area contributed by atoms with Crippen molar-refractivity contribution >= 4 is 83.2 Å². The number of esters is 4. The lowest BCUT2D eigenvalue weighted by molar-refractivity contribution is -0.346. The van der Waals surface area contributed by atoms with Gasteiger partial charge in [-0.3, -0.25) is 33.6 Å². The van der Waals surface area contributed by atoms with Gasteiger partial charge in [0.1, 0.15) is 54.7 Å². The molecule has 32 heteroatoms. The number of nitrogens with two attached hydrogens (primary N) is 1. The van der Waals surface area contributed by atoms with Crippen LogP contribution in [-0.2, 0) is 82.9 Å². The highest BCUT2D eigenvalue weighted by atomic mass is 16.6. The van der Waals surface area contributed by atoms with Crippen LogP contribution in [0.15, 0.2) is 126 Å². The van der Waals surface area contributed by atoms with Gasteiger partial charge < -0.3 is 95.3 Å². The maximum Gasteiger partial charge on any atom is 0.410 e. The summed E-state index contributed by atoms with van der Waals surface area (Å²) < 4.78 is 48.2. The third-order valence-electron chi connectivity index (χ3n) is 21.1. The molecule has 586 valence electrons. The summed E-state index contributed by atoms with van der Waals surface area (Å²) in [7, 11) is 2.69. The van der Waals surface area contributed by atoms with Crippen molar-refractivity contribution in [3.05, 3.63) is 149 Å². The summed E-state index contributed by atoms with van der Waals surface area (Å²) in [6.07, 6.45) is -15.5. The summed E-state index contributed by atoms with van der Waals surface area (Å²) >= 11 is 0. The van der Waals surface area contributed by atoms with Crippen LogP contribution in [0.25, 0.3) is 0 Å². The summed E-state index contributed by atoms with van der Waals surface area (Å²) in [6.45, 7) is 10.2. The second-order valence-electron chi connectivity index (χ2n) is 29.1. The average molecular weight is 1520 g/mol. The second-order valence-corrected chi connectivity index (χ2v) is 29.1. The summed E-state index contributed by atoms with van der Waals surface area (Å²) in [5, 5.41) is 49.2. The molecule has 9 rings (SSSR count). The Labute approximate surface area is 628 Å². The van der Waals surface area contributed by atoms with Gasteiger partial charge in [0.15, 0.2) is 23.6 Å². The van der Waals surface area contributed by atoms with Crippen molar-refractivity contribution in [3.63, 3.8) is 0 Å². The van der Waals surface area contributed by atoms with Gasteiger partial charge in [-0.1, -0.05) is 107 Å². The number of carboxylic acid groups (broad SMARTS) is 1. The first-order valence-electron chi connectivity index (χ1n) is 35.8. The number of hydrogen-bond donors (Lipinski definition) is 9. The quantitative estimate of drug-likeness (QED) is 0.0161. The van der Waals surface area contributed by atoms with Gasteiger partial charge in [-0.25, -0.2) is 28.8 Å². The lowest BCUT2D eigenvalue weighted by Gasteiger charge is -2.67. The number of amides is 8. The average Bonchev–Trinajstić information content (AvgIpc) is 1.40. The SMILES string of the molecule is CC(=O)O[C@H]1C(=O)[C@@]2(C)[C@H]([C@H](OC(=O)c3ccccc3)[C@]3(O)C[C@H](OC(=O)[C@H](OC(=O)N(C)CCN(C)C(=O)OCc4ccc(NC(=O)[C@H](CCCNC(N)=O)NC(=O)[C@@H](NC(=O)C5CCC(C(=O)O)O5)C(C)C)cc4)[C@@H](NC(=O)c4ccccc4)c4ccccc4)C(C)=C1C3(C)C)[C@]1(OC(C)=O)CO[C@@H]1C[C@@H]2O. The largest absolute Gasteiger partial charge is 0.479 e. The number of Topliss-reactive ketones (excluding diaryl/α,β-unsaturated/α-hetero) is 1. The van der Waals surface area contributed by atoms with E-state index in [0.717, 1.165) is 23.6 Å². The van der Waals surface area contributed by atoms with Crippen molar-refractivity contribution in [2.75, 3.05) is 45.7 Å². The molecule has 2 aliphatic heterocycles. The molecule has 0 radical (unpaired) electrons. The lowest BCUT2D eigenvalue weighted by Crippen LogP contribution is -2.82. The number of nitrogens with zero attached hydrogens (tertiary/aromatic N) is 2.